The molecule has 0 spiro atoms. The number of rotatable bonds is 7. The Morgan fingerprint density at radius 3 is 2.75 bits per heavy atom. The fraction of sp³-hybridized carbons (Fsp3) is 0.429. The summed E-state index contributed by atoms with van der Waals surface area (Å²) in [5, 5.41) is 3.42. The molecule has 0 amide bonds. The molecule has 0 aliphatic heterocycles. The third-order valence-corrected chi connectivity index (χ3v) is 2.45. The van der Waals surface area contributed by atoms with E-state index in [1.165, 1.54) is 5.56 Å². The lowest BCUT2D eigenvalue weighted by Gasteiger charge is -2.10. The zero-order valence-corrected chi connectivity index (χ0v) is 10.1. The minimum absolute atomic E-state index is 0.500. The Bertz CT molecular complexity index is 295. The van der Waals surface area contributed by atoms with Crippen LogP contribution in [0.15, 0.2) is 36.4 Å². The fourth-order valence-electron chi connectivity index (χ4n) is 1.43. The van der Waals surface area contributed by atoms with Crippen LogP contribution >= 0.6 is 0 Å². The standard InChI is InChI=1S/C14H21NO/c1-13(10-12-16-2)15-11-6-9-14-7-4-3-5-8-14/h3-9,13,15H,10-12H2,1-2H3/b9-6+. The number of benzene rings is 1. The second-order valence-corrected chi connectivity index (χ2v) is 3.90. The van der Waals surface area contributed by atoms with E-state index >= 15 is 0 Å². The van der Waals surface area contributed by atoms with E-state index in [0.29, 0.717) is 6.04 Å². The molecular formula is C14H21NO. The predicted octanol–water partition coefficient (Wildman–Crippen LogP) is 2.71. The molecule has 88 valence electrons. The van der Waals surface area contributed by atoms with Gasteiger partial charge in [0.05, 0.1) is 0 Å². The molecule has 2 heteroatoms. The van der Waals surface area contributed by atoms with Crippen LogP contribution in [0.1, 0.15) is 18.9 Å². The van der Waals surface area contributed by atoms with Crippen LogP contribution in [-0.4, -0.2) is 26.3 Å². The Balaban J connectivity index is 2.17. The van der Waals surface area contributed by atoms with Crippen molar-refractivity contribution in [1.29, 1.82) is 0 Å². The Morgan fingerprint density at radius 2 is 2.06 bits per heavy atom. The lowest BCUT2D eigenvalue weighted by atomic mass is 10.2. The third kappa shape index (κ3) is 5.69. The first-order valence-electron chi connectivity index (χ1n) is 5.77. The average Bonchev–Trinajstić information content (AvgIpc) is 2.33. The molecule has 1 rings (SSSR count). The van der Waals surface area contributed by atoms with Crippen LogP contribution in [-0.2, 0) is 4.74 Å². The maximum Gasteiger partial charge on any atom is 0.0476 e. The third-order valence-electron chi connectivity index (χ3n) is 2.45. The summed E-state index contributed by atoms with van der Waals surface area (Å²) >= 11 is 0. The summed E-state index contributed by atoms with van der Waals surface area (Å²) in [6.07, 6.45) is 5.34. The summed E-state index contributed by atoms with van der Waals surface area (Å²) in [4.78, 5) is 0. The normalized spacial score (nSPS) is 13.1. The van der Waals surface area contributed by atoms with Gasteiger partial charge in [0.25, 0.3) is 0 Å². The van der Waals surface area contributed by atoms with E-state index in [1.807, 2.05) is 18.2 Å². The van der Waals surface area contributed by atoms with Crippen LogP contribution < -0.4 is 5.32 Å². The van der Waals surface area contributed by atoms with E-state index in [4.69, 9.17) is 4.74 Å². The molecule has 1 unspecified atom stereocenters. The Hall–Kier alpha value is -1.12. The molecule has 0 heterocycles. The van der Waals surface area contributed by atoms with Gasteiger partial charge in [-0.2, -0.15) is 0 Å². The van der Waals surface area contributed by atoms with Gasteiger partial charge in [-0.05, 0) is 18.9 Å². The molecule has 1 aromatic rings. The molecule has 1 aromatic carbocycles. The Labute approximate surface area is 98.3 Å². The highest BCUT2D eigenvalue weighted by Crippen LogP contribution is 2.00. The van der Waals surface area contributed by atoms with Crippen LogP contribution in [0.4, 0.5) is 0 Å². The van der Waals surface area contributed by atoms with Crippen molar-refractivity contribution in [3.8, 4) is 0 Å². The minimum Gasteiger partial charge on any atom is -0.385 e. The molecule has 0 aliphatic rings. The number of ether oxygens (including phenoxy) is 1. The zero-order valence-electron chi connectivity index (χ0n) is 10.1. The first kappa shape index (κ1) is 12.9. The van der Waals surface area contributed by atoms with Gasteiger partial charge < -0.3 is 10.1 Å². The number of hydrogen-bond donors (Lipinski definition) is 1. The minimum atomic E-state index is 0.500. The maximum atomic E-state index is 5.03. The highest BCUT2D eigenvalue weighted by molar-refractivity contribution is 5.48. The lowest BCUT2D eigenvalue weighted by Crippen LogP contribution is -2.27. The van der Waals surface area contributed by atoms with Crippen molar-refractivity contribution in [2.24, 2.45) is 0 Å². The first-order chi connectivity index (χ1) is 7.83. The molecule has 2 nitrogen and oxygen atoms in total. The summed E-state index contributed by atoms with van der Waals surface area (Å²) in [5.74, 6) is 0. The fourth-order valence-corrected chi connectivity index (χ4v) is 1.43. The number of nitrogens with one attached hydrogen (secondary N) is 1. The van der Waals surface area contributed by atoms with Crippen LogP contribution in [0.25, 0.3) is 6.08 Å². The highest BCUT2D eigenvalue weighted by Gasteiger charge is 1.97. The summed E-state index contributed by atoms with van der Waals surface area (Å²) in [5.41, 5.74) is 1.24. The van der Waals surface area contributed by atoms with Gasteiger partial charge in [0, 0.05) is 26.3 Å². The largest absolute Gasteiger partial charge is 0.385 e. The van der Waals surface area contributed by atoms with Crippen LogP contribution in [0.5, 0.6) is 0 Å². The molecule has 1 atom stereocenters. The Morgan fingerprint density at radius 1 is 1.31 bits per heavy atom. The predicted molar refractivity (Wildman–Crippen MR) is 69.4 cm³/mol. The van der Waals surface area contributed by atoms with Crippen LogP contribution in [0.2, 0.25) is 0 Å². The van der Waals surface area contributed by atoms with Gasteiger partial charge in [0.1, 0.15) is 0 Å². The lowest BCUT2D eigenvalue weighted by molar-refractivity contribution is 0.185. The topological polar surface area (TPSA) is 21.3 Å². The SMILES string of the molecule is COCCC(C)NC/C=C/c1ccccc1. The van der Waals surface area contributed by atoms with Crippen LogP contribution in [0.3, 0.4) is 0 Å². The molecule has 16 heavy (non-hydrogen) atoms. The van der Waals surface area contributed by atoms with E-state index in [1.54, 1.807) is 7.11 Å². The average molecular weight is 219 g/mol. The van der Waals surface area contributed by atoms with Gasteiger partial charge in [-0.1, -0.05) is 42.5 Å². The molecule has 0 aliphatic carbocycles. The molecule has 0 aromatic heterocycles. The molecule has 1 N–H and O–H groups in total. The van der Waals surface area contributed by atoms with E-state index in [0.717, 1.165) is 19.6 Å². The van der Waals surface area contributed by atoms with Gasteiger partial charge >= 0.3 is 0 Å². The van der Waals surface area contributed by atoms with Gasteiger partial charge in [-0.15, -0.1) is 0 Å². The van der Waals surface area contributed by atoms with Crippen LogP contribution in [0, 0.1) is 0 Å². The molecule has 0 fully saturated rings. The highest BCUT2D eigenvalue weighted by atomic mass is 16.5. The second kappa shape index (κ2) is 8.08. The molecule has 0 saturated heterocycles. The summed E-state index contributed by atoms with van der Waals surface area (Å²) in [7, 11) is 1.74. The smallest absolute Gasteiger partial charge is 0.0476 e. The van der Waals surface area contributed by atoms with Gasteiger partial charge in [0.2, 0.25) is 0 Å². The van der Waals surface area contributed by atoms with Crippen molar-refractivity contribution < 1.29 is 4.74 Å². The van der Waals surface area contributed by atoms with Gasteiger partial charge in [-0.25, -0.2) is 0 Å². The summed E-state index contributed by atoms with van der Waals surface area (Å²) in [6.45, 7) is 3.89. The second-order valence-electron chi connectivity index (χ2n) is 3.90. The van der Waals surface area contributed by atoms with E-state index in [2.05, 4.69) is 36.5 Å². The number of hydrogen-bond acceptors (Lipinski definition) is 2. The van der Waals surface area contributed by atoms with E-state index < -0.39 is 0 Å². The Kier molecular flexibility index (Phi) is 6.54. The van der Waals surface area contributed by atoms with Crippen molar-refractivity contribution in [2.75, 3.05) is 20.3 Å². The summed E-state index contributed by atoms with van der Waals surface area (Å²) in [6, 6.07) is 10.8. The molecule has 0 radical (unpaired) electrons. The van der Waals surface area contributed by atoms with Crippen molar-refractivity contribution in [3.05, 3.63) is 42.0 Å². The van der Waals surface area contributed by atoms with E-state index in [9.17, 15) is 0 Å². The van der Waals surface area contributed by atoms with Gasteiger partial charge in [0.15, 0.2) is 0 Å². The molecular weight excluding hydrogens is 198 g/mol. The quantitative estimate of drug-likeness (QED) is 0.761. The van der Waals surface area contributed by atoms with Crippen molar-refractivity contribution in [2.45, 2.75) is 19.4 Å². The number of methoxy groups -OCH3 is 1. The van der Waals surface area contributed by atoms with Crippen molar-refractivity contribution in [1.82, 2.24) is 5.32 Å². The van der Waals surface area contributed by atoms with E-state index in [-0.39, 0.29) is 0 Å². The monoisotopic (exact) mass is 219 g/mol. The van der Waals surface area contributed by atoms with Gasteiger partial charge in [-0.3, -0.25) is 0 Å². The molecule has 0 saturated carbocycles. The summed E-state index contributed by atoms with van der Waals surface area (Å²) < 4.78 is 5.03. The zero-order chi connectivity index (χ0) is 11.6. The molecule has 0 bridgehead atoms. The van der Waals surface area contributed by atoms with Crippen molar-refractivity contribution >= 4 is 6.08 Å². The van der Waals surface area contributed by atoms with Crippen molar-refractivity contribution in [3.63, 3.8) is 0 Å². The maximum absolute atomic E-state index is 5.03. The first-order valence-corrected chi connectivity index (χ1v) is 5.77.